The minimum atomic E-state index is -1.95. The van der Waals surface area contributed by atoms with Crippen molar-refractivity contribution in [3.63, 3.8) is 0 Å². The van der Waals surface area contributed by atoms with Crippen LogP contribution in [0.5, 0.6) is 17.2 Å². The average Bonchev–Trinajstić information content (AvgIpc) is 3.38. The molecule has 5 saturated heterocycles. The lowest BCUT2D eigenvalue weighted by Gasteiger charge is -2.46. The van der Waals surface area contributed by atoms with Gasteiger partial charge in [0, 0.05) is 50.7 Å². The van der Waals surface area contributed by atoms with Crippen LogP contribution in [-0.2, 0) is 58.6 Å². The number of hydrogen-bond acceptors (Lipinski definition) is 24. The zero-order valence-electron chi connectivity index (χ0n) is 44.0. The van der Waals surface area contributed by atoms with Gasteiger partial charge >= 0.3 is 0 Å². The van der Waals surface area contributed by atoms with Gasteiger partial charge in [-0.15, -0.1) is 0 Å². The van der Waals surface area contributed by atoms with Gasteiger partial charge in [0.1, 0.15) is 66.1 Å². The Labute approximate surface area is 439 Å². The van der Waals surface area contributed by atoms with Gasteiger partial charge in [0.2, 0.25) is 6.29 Å². The van der Waals surface area contributed by atoms with Gasteiger partial charge < -0.3 is 108 Å². The molecule has 5 aliphatic heterocycles. The lowest BCUT2D eigenvalue weighted by molar-refractivity contribution is -0.334. The van der Waals surface area contributed by atoms with E-state index in [0.29, 0.717) is 0 Å². The first-order valence-electron chi connectivity index (χ1n) is 26.0. The molecule has 0 radical (unpaired) electrons. The Morgan fingerprint density at radius 3 is 1.70 bits per heavy atom. The number of aliphatic hydroxyl groups is 9. The fourth-order valence-corrected chi connectivity index (χ4v) is 11.3. The summed E-state index contributed by atoms with van der Waals surface area (Å²) in [6.07, 6.45) is -27.0. The summed E-state index contributed by atoms with van der Waals surface area (Å²) in [4.78, 5) is 28.9. The SMILES string of the molecule is CO[C@@H](C(=O)[C@H](O)[C@H](C)O)[C@H]1Cc2cc3cc(O[C@@H]4C[C@H](O[C@@H]5C[C@H](O)[C@@H](O)[C@H](C)O5)[C@@H](O)[C@H](C)O4)c(C)c(O)c3c(O)c2C(=O)[C@@H]1O[C@@H]1C[C@H](O[C@@H]2C[C@H](O[C@@H]3C[C@@](C)(O)[C@@H](O)[C@H](C)O3)[C@H](O)[C@H](C)O2)[C@@H](O)[C@H](C)O1. The molecule has 76 heavy (non-hydrogen) atoms. The van der Waals surface area contributed by atoms with Crippen LogP contribution in [0.3, 0.4) is 0 Å². The Hall–Kier alpha value is -3.32. The number of carbonyl (C=O) groups excluding carboxylic acids is 2. The molecule has 0 saturated carbocycles. The summed E-state index contributed by atoms with van der Waals surface area (Å²) in [7, 11) is 1.18. The van der Waals surface area contributed by atoms with Crippen LogP contribution < -0.4 is 4.74 Å². The molecule has 0 bridgehead atoms. The molecule has 24 heteroatoms. The summed E-state index contributed by atoms with van der Waals surface area (Å²) in [5.74, 6) is -4.07. The molecule has 0 unspecified atom stereocenters. The zero-order valence-corrected chi connectivity index (χ0v) is 44.0. The van der Waals surface area contributed by atoms with Crippen LogP contribution in [0.15, 0.2) is 12.1 Å². The summed E-state index contributed by atoms with van der Waals surface area (Å²) in [5.41, 5.74) is -1.47. The maximum Gasteiger partial charge on any atom is 0.202 e. The number of phenolic OH excluding ortho intramolecular Hbond substituents is 2. The number of carbonyl (C=O) groups is 2. The van der Waals surface area contributed by atoms with Gasteiger partial charge in [-0.2, -0.15) is 0 Å². The van der Waals surface area contributed by atoms with E-state index in [4.69, 9.17) is 52.1 Å². The number of ketones is 2. The van der Waals surface area contributed by atoms with E-state index in [1.807, 2.05) is 0 Å². The van der Waals surface area contributed by atoms with Gasteiger partial charge in [-0.1, -0.05) is 0 Å². The Morgan fingerprint density at radius 2 is 1.17 bits per heavy atom. The van der Waals surface area contributed by atoms with Crippen molar-refractivity contribution in [2.45, 2.75) is 241 Å². The monoisotopic (exact) mass is 1080 g/mol. The van der Waals surface area contributed by atoms with Crippen molar-refractivity contribution >= 4 is 22.3 Å². The Balaban J connectivity index is 1.04. The number of methoxy groups -OCH3 is 1. The number of aliphatic hydroxyl groups excluding tert-OH is 8. The molecule has 11 N–H and O–H groups in total. The van der Waals surface area contributed by atoms with E-state index in [-0.39, 0.29) is 71.7 Å². The van der Waals surface area contributed by atoms with Crippen molar-refractivity contribution in [1.29, 1.82) is 0 Å². The van der Waals surface area contributed by atoms with Crippen molar-refractivity contribution < 1.29 is 118 Å². The van der Waals surface area contributed by atoms with E-state index in [1.165, 1.54) is 46.9 Å². The summed E-state index contributed by atoms with van der Waals surface area (Å²) < 4.78 is 66.5. The largest absolute Gasteiger partial charge is 0.507 e. The third kappa shape index (κ3) is 11.9. The molecule has 1 aliphatic carbocycles. The number of fused-ring (bicyclic) bond motifs is 2. The van der Waals surface area contributed by atoms with Crippen molar-refractivity contribution in [2.24, 2.45) is 5.92 Å². The summed E-state index contributed by atoms with van der Waals surface area (Å²) >= 11 is 0. The Kier molecular flexibility index (Phi) is 18.1. The Morgan fingerprint density at radius 1 is 0.684 bits per heavy atom. The molecule has 5 fully saturated rings. The number of hydrogen-bond donors (Lipinski definition) is 11. The van der Waals surface area contributed by atoms with Crippen molar-refractivity contribution in [2.75, 3.05) is 7.11 Å². The van der Waals surface area contributed by atoms with Gasteiger partial charge in [0.25, 0.3) is 0 Å². The summed E-state index contributed by atoms with van der Waals surface area (Å²) in [6.45, 7) is 12.1. The van der Waals surface area contributed by atoms with Gasteiger partial charge in [-0.25, -0.2) is 0 Å². The first kappa shape index (κ1) is 58.8. The molecule has 0 amide bonds. The number of benzene rings is 2. The van der Waals surface area contributed by atoms with Crippen molar-refractivity contribution in [3.05, 3.63) is 28.8 Å². The van der Waals surface area contributed by atoms with E-state index < -0.39 is 176 Å². The highest BCUT2D eigenvalue weighted by molar-refractivity contribution is 6.11. The molecule has 25 atom stereocenters. The van der Waals surface area contributed by atoms with Crippen LogP contribution in [0.25, 0.3) is 10.8 Å². The fraction of sp³-hybridized carbons (Fsp3) is 0.769. The maximum atomic E-state index is 15.0. The topological polar surface area (TPSA) is 358 Å². The predicted octanol–water partition coefficient (Wildman–Crippen LogP) is -0.249. The molecule has 428 valence electrons. The minimum absolute atomic E-state index is 0.0365. The van der Waals surface area contributed by atoms with E-state index in [0.717, 1.165) is 0 Å². The second-order valence-electron chi connectivity index (χ2n) is 21.7. The first-order valence-corrected chi connectivity index (χ1v) is 26.0. The predicted molar refractivity (Wildman–Crippen MR) is 259 cm³/mol. The molecule has 2 aromatic rings. The molecule has 0 aromatic heterocycles. The van der Waals surface area contributed by atoms with Crippen LogP contribution >= 0.6 is 0 Å². The molecule has 5 heterocycles. The van der Waals surface area contributed by atoms with E-state index >= 15 is 4.79 Å². The minimum Gasteiger partial charge on any atom is -0.507 e. The third-order valence-electron chi connectivity index (χ3n) is 15.9. The lowest BCUT2D eigenvalue weighted by Crippen LogP contribution is -2.58. The summed E-state index contributed by atoms with van der Waals surface area (Å²) in [6, 6.07) is 3.03. The maximum absolute atomic E-state index is 15.0. The Bertz CT molecular complexity index is 2350. The summed E-state index contributed by atoms with van der Waals surface area (Å²) in [5, 5.41) is 120. The van der Waals surface area contributed by atoms with Crippen LogP contribution in [0.1, 0.15) is 102 Å². The smallest absolute Gasteiger partial charge is 0.202 e. The standard InChI is InChI=1S/C52H76O24/c1-18-29(72-34-14-30(43(58)21(4)68-34)73-33-13-28(54)42(57)20(3)67-33)12-26-10-25-11-27(49(66-9)48(63)41(56)19(2)53)50(47(62)39(25)46(61)38(26)40(18)55)76-36-16-31(44(59)23(6)70-36)74-35-15-32(45(60)22(5)69-35)75-37-17-52(8,65)51(64)24(7)71-37/h10,12,19-24,27-28,30-37,41-45,49-51,53-61,64-65H,11,13-17H2,1-9H3/t19-,20-,21-,22-,23-,24-,27+,28-,30-,31-,32-,33+,34+,35+,36+,37+,41+,42-,43-,44-,45+,49+,50+,51-,52+/m0/s1. The van der Waals surface area contributed by atoms with Crippen LogP contribution in [0.2, 0.25) is 0 Å². The number of phenols is 2. The second-order valence-corrected chi connectivity index (χ2v) is 21.7. The average molecular weight is 1090 g/mol. The molecule has 0 spiro atoms. The molecular weight excluding hydrogens is 1010 g/mol. The zero-order chi connectivity index (χ0) is 55.6. The highest BCUT2D eigenvalue weighted by atomic mass is 16.7. The third-order valence-corrected chi connectivity index (χ3v) is 15.9. The number of Topliss-reactive ketones (excluding diaryl/α,β-unsaturated/α-hetero) is 2. The highest BCUT2D eigenvalue weighted by Crippen LogP contribution is 2.47. The van der Waals surface area contributed by atoms with E-state index in [9.17, 15) is 61.0 Å². The van der Waals surface area contributed by atoms with Gasteiger partial charge in [0.15, 0.2) is 36.7 Å². The quantitative estimate of drug-likeness (QED) is 0.110. The lowest BCUT2D eigenvalue weighted by atomic mass is 9.75. The van der Waals surface area contributed by atoms with Gasteiger partial charge in [0.05, 0.1) is 77.6 Å². The van der Waals surface area contributed by atoms with Crippen LogP contribution in [0, 0.1) is 12.8 Å². The molecule has 24 nitrogen and oxygen atoms in total. The fourth-order valence-electron chi connectivity index (χ4n) is 11.3. The second kappa shape index (κ2) is 23.4. The first-order chi connectivity index (χ1) is 35.7. The number of aromatic hydroxyl groups is 2. The number of rotatable bonds is 15. The van der Waals surface area contributed by atoms with E-state index in [2.05, 4.69) is 0 Å². The van der Waals surface area contributed by atoms with Crippen LogP contribution in [0.4, 0.5) is 0 Å². The highest BCUT2D eigenvalue weighted by Gasteiger charge is 2.51. The molecule has 8 rings (SSSR count). The number of ether oxygens (including phenoxy) is 11. The molecule has 2 aromatic carbocycles. The van der Waals surface area contributed by atoms with Crippen LogP contribution in [-0.4, -0.2) is 222 Å². The molecule has 6 aliphatic rings. The van der Waals surface area contributed by atoms with E-state index in [1.54, 1.807) is 27.7 Å². The van der Waals surface area contributed by atoms with Crippen molar-refractivity contribution in [1.82, 2.24) is 0 Å². The normalized spacial score (nSPS) is 42.5. The van der Waals surface area contributed by atoms with Gasteiger partial charge in [-0.05, 0) is 84.9 Å². The van der Waals surface area contributed by atoms with Gasteiger partial charge in [-0.3, -0.25) is 9.59 Å². The molecular formula is C52H76O24. The van der Waals surface area contributed by atoms with Crippen molar-refractivity contribution in [3.8, 4) is 17.2 Å².